The van der Waals surface area contributed by atoms with Gasteiger partial charge in [-0.15, -0.1) is 0 Å². The molecule has 2 heteroatoms. The monoisotopic (exact) mass is 156 g/mol. The summed E-state index contributed by atoms with van der Waals surface area (Å²) in [5.74, 6) is 0. The summed E-state index contributed by atoms with van der Waals surface area (Å²) in [5.41, 5.74) is -0.448. The molecular weight excluding hydrogens is 139 g/mol. The van der Waals surface area contributed by atoms with E-state index in [9.17, 15) is 0 Å². The molecule has 0 aromatic rings. The van der Waals surface area contributed by atoms with Crippen molar-refractivity contribution in [2.24, 2.45) is 0 Å². The van der Waals surface area contributed by atoms with Gasteiger partial charge in [0.1, 0.15) is 0 Å². The van der Waals surface area contributed by atoms with Gasteiger partial charge in [-0.3, -0.25) is 0 Å². The van der Waals surface area contributed by atoms with Gasteiger partial charge in [-0.25, -0.2) is 0 Å². The average Bonchev–Trinajstić information content (AvgIpc) is 1.59. The fourth-order valence-electron chi connectivity index (χ4n) is 0.609. The molecule has 0 spiro atoms. The Kier molecular flexibility index (Phi) is 9.27. The number of unbranched alkanes of at least 4 members (excludes halogenated alkanes) is 1. The van der Waals surface area contributed by atoms with E-state index in [1.165, 1.54) is 6.42 Å². The second-order valence-electron chi connectivity index (χ2n) is 2.92. The third-order valence-electron chi connectivity index (χ3n) is 1.14. The van der Waals surface area contributed by atoms with Crippen LogP contribution in [0.2, 0.25) is 0 Å². The van der Waals surface area contributed by atoms with Crippen molar-refractivity contribution in [3.05, 3.63) is 0 Å². The summed E-state index contributed by atoms with van der Waals surface area (Å²) in [4.78, 5) is 0. The summed E-state index contributed by atoms with van der Waals surface area (Å²) in [5, 5.41) is 9.15. The molecule has 0 amide bonds. The summed E-state index contributed by atoms with van der Waals surface area (Å²) >= 11 is 0. The second-order valence-corrected chi connectivity index (χ2v) is 2.92. The topological polar surface area (TPSA) is 20.2 Å². The molecule has 0 rings (SSSR count). The number of hydrogen-bond donors (Lipinski definition) is 1. The standard InChI is InChI=1S/C7H16O.K.H/c1-4-5-6-7(2,3)8;;/h8H,4-6H2,1-3H3;;. The fourth-order valence-corrected chi connectivity index (χ4v) is 0.609. The van der Waals surface area contributed by atoms with Gasteiger partial charge in [0.2, 0.25) is 0 Å². The molecule has 0 unspecified atom stereocenters. The molecule has 0 heterocycles. The molecule has 0 radical (unpaired) electrons. The minimum atomic E-state index is -0.448. The molecule has 1 N–H and O–H groups in total. The van der Waals surface area contributed by atoms with E-state index in [-0.39, 0.29) is 51.4 Å². The van der Waals surface area contributed by atoms with Gasteiger partial charge in [-0.1, -0.05) is 19.8 Å². The fraction of sp³-hybridized carbons (Fsp3) is 1.00. The van der Waals surface area contributed by atoms with Crippen LogP contribution < -0.4 is 0 Å². The third-order valence-corrected chi connectivity index (χ3v) is 1.14. The van der Waals surface area contributed by atoms with E-state index in [0.29, 0.717) is 0 Å². The Morgan fingerprint density at radius 3 is 1.89 bits per heavy atom. The van der Waals surface area contributed by atoms with Crippen molar-refractivity contribution in [1.82, 2.24) is 0 Å². The van der Waals surface area contributed by atoms with Crippen LogP contribution in [0.3, 0.4) is 0 Å². The summed E-state index contributed by atoms with van der Waals surface area (Å²) in [6.07, 6.45) is 3.22. The zero-order valence-electron chi connectivity index (χ0n) is 6.07. The number of aliphatic hydroxyl groups is 1. The van der Waals surface area contributed by atoms with Crippen LogP contribution in [0.5, 0.6) is 0 Å². The molecule has 0 saturated heterocycles. The first-order chi connectivity index (χ1) is 3.56. The van der Waals surface area contributed by atoms with Crippen molar-refractivity contribution in [2.75, 3.05) is 0 Å². The molecule has 0 aliphatic heterocycles. The number of hydrogen-bond acceptors (Lipinski definition) is 1. The van der Waals surface area contributed by atoms with E-state index < -0.39 is 5.60 Å². The first-order valence-corrected chi connectivity index (χ1v) is 3.28. The Morgan fingerprint density at radius 2 is 1.78 bits per heavy atom. The Labute approximate surface area is 101 Å². The minimum absolute atomic E-state index is 0. The summed E-state index contributed by atoms with van der Waals surface area (Å²) in [6.45, 7) is 5.83. The van der Waals surface area contributed by atoms with Crippen molar-refractivity contribution in [2.45, 2.75) is 45.6 Å². The van der Waals surface area contributed by atoms with Crippen molar-refractivity contribution in [3.8, 4) is 0 Å². The van der Waals surface area contributed by atoms with Gasteiger partial charge in [-0.2, -0.15) is 0 Å². The SMILES string of the molecule is CCCCC(C)(C)O.[KH]. The Morgan fingerprint density at radius 1 is 1.33 bits per heavy atom. The van der Waals surface area contributed by atoms with E-state index >= 15 is 0 Å². The second kappa shape index (κ2) is 6.32. The number of rotatable bonds is 3. The molecule has 0 aliphatic carbocycles. The van der Waals surface area contributed by atoms with Crippen LogP contribution in [0.4, 0.5) is 0 Å². The molecule has 0 saturated carbocycles. The van der Waals surface area contributed by atoms with Crippen LogP contribution in [0.15, 0.2) is 0 Å². The predicted octanol–water partition coefficient (Wildman–Crippen LogP) is 1.30. The van der Waals surface area contributed by atoms with E-state index in [2.05, 4.69) is 6.92 Å². The van der Waals surface area contributed by atoms with Crippen LogP contribution in [-0.4, -0.2) is 62.1 Å². The quantitative estimate of drug-likeness (QED) is 0.611. The Balaban J connectivity index is 0. The summed E-state index contributed by atoms with van der Waals surface area (Å²) in [7, 11) is 0. The Bertz CT molecular complexity index is 56.4. The molecule has 0 aromatic heterocycles. The zero-order chi connectivity index (χ0) is 6.62. The molecule has 9 heavy (non-hydrogen) atoms. The van der Waals surface area contributed by atoms with Crippen molar-refractivity contribution in [1.29, 1.82) is 0 Å². The van der Waals surface area contributed by atoms with Gasteiger partial charge in [0, 0.05) is 0 Å². The van der Waals surface area contributed by atoms with E-state index in [1.54, 1.807) is 0 Å². The first-order valence-electron chi connectivity index (χ1n) is 3.28. The molecular formula is C7H17KO. The van der Waals surface area contributed by atoms with Gasteiger partial charge < -0.3 is 5.11 Å². The summed E-state index contributed by atoms with van der Waals surface area (Å²) in [6, 6.07) is 0. The molecule has 0 aliphatic rings. The normalized spacial score (nSPS) is 10.7. The van der Waals surface area contributed by atoms with E-state index in [4.69, 9.17) is 5.11 Å². The average molecular weight is 156 g/mol. The summed E-state index contributed by atoms with van der Waals surface area (Å²) < 4.78 is 0. The van der Waals surface area contributed by atoms with Gasteiger partial charge in [-0.05, 0) is 20.3 Å². The molecule has 0 bridgehead atoms. The Hall–Kier alpha value is 1.60. The van der Waals surface area contributed by atoms with Gasteiger partial charge in [0.05, 0.1) is 5.60 Å². The van der Waals surface area contributed by atoms with Crippen LogP contribution in [0.1, 0.15) is 40.0 Å². The van der Waals surface area contributed by atoms with Gasteiger partial charge in [0.15, 0.2) is 0 Å². The molecule has 0 fully saturated rings. The molecule has 0 atom stereocenters. The van der Waals surface area contributed by atoms with Crippen molar-refractivity contribution >= 4 is 51.4 Å². The van der Waals surface area contributed by atoms with Crippen LogP contribution in [0, 0.1) is 0 Å². The predicted molar refractivity (Wildman–Crippen MR) is 43.0 cm³/mol. The first kappa shape index (κ1) is 13.2. The van der Waals surface area contributed by atoms with Gasteiger partial charge in [0.25, 0.3) is 0 Å². The van der Waals surface area contributed by atoms with Gasteiger partial charge >= 0.3 is 51.4 Å². The van der Waals surface area contributed by atoms with Crippen molar-refractivity contribution in [3.63, 3.8) is 0 Å². The van der Waals surface area contributed by atoms with E-state index in [1.807, 2.05) is 13.8 Å². The van der Waals surface area contributed by atoms with Crippen LogP contribution in [-0.2, 0) is 0 Å². The maximum atomic E-state index is 9.15. The van der Waals surface area contributed by atoms with Crippen LogP contribution in [0.25, 0.3) is 0 Å². The maximum absolute atomic E-state index is 9.15. The van der Waals surface area contributed by atoms with E-state index in [0.717, 1.165) is 12.8 Å². The molecule has 1 nitrogen and oxygen atoms in total. The van der Waals surface area contributed by atoms with Crippen LogP contribution >= 0.6 is 0 Å². The molecule has 0 aromatic carbocycles. The molecule has 52 valence electrons. The third kappa shape index (κ3) is 12.7. The van der Waals surface area contributed by atoms with Crippen molar-refractivity contribution < 1.29 is 5.11 Å². The zero-order valence-corrected chi connectivity index (χ0v) is 6.07.